The number of benzene rings is 1. The van der Waals surface area contributed by atoms with E-state index < -0.39 is 16.9 Å². The second kappa shape index (κ2) is 4.58. The molecule has 0 fully saturated rings. The summed E-state index contributed by atoms with van der Waals surface area (Å²) < 4.78 is 0. The molecule has 0 spiro atoms. The third-order valence-electron chi connectivity index (χ3n) is 2.88. The molecule has 100 valence electrons. The number of carbonyl (C=O) groups is 1. The number of nitrogen functional groups attached to an aromatic ring is 1. The molecule has 19 heavy (non-hydrogen) atoms. The van der Waals surface area contributed by atoms with E-state index in [1.807, 2.05) is 0 Å². The molecule has 0 amide bonds. The van der Waals surface area contributed by atoms with E-state index in [0.717, 1.165) is 0 Å². The molecule has 1 atom stereocenters. The van der Waals surface area contributed by atoms with Crippen molar-refractivity contribution in [1.29, 1.82) is 0 Å². The highest BCUT2D eigenvalue weighted by Crippen LogP contribution is 2.32. The number of nitro groups is 1. The molecule has 2 rings (SSSR count). The van der Waals surface area contributed by atoms with Gasteiger partial charge in [-0.25, -0.2) is 0 Å². The molecule has 0 bridgehead atoms. The molecule has 8 heteroatoms. The Hall–Kier alpha value is -2.61. The van der Waals surface area contributed by atoms with E-state index in [0.29, 0.717) is 16.6 Å². The van der Waals surface area contributed by atoms with Gasteiger partial charge in [0, 0.05) is 29.8 Å². The fraction of sp³-hybridized carbons (Fsp3) is 0.182. The highest BCUT2D eigenvalue weighted by Gasteiger charge is 2.20. The van der Waals surface area contributed by atoms with Crippen molar-refractivity contribution in [2.45, 2.75) is 12.5 Å². The molecule has 1 aromatic heterocycles. The molecule has 1 heterocycles. The van der Waals surface area contributed by atoms with E-state index in [1.165, 1.54) is 18.3 Å². The number of H-pyrrole nitrogens is 1. The average Bonchev–Trinajstić information content (AvgIpc) is 2.73. The summed E-state index contributed by atoms with van der Waals surface area (Å²) in [5, 5.41) is 20.1. The van der Waals surface area contributed by atoms with Gasteiger partial charge in [0.05, 0.1) is 4.92 Å². The van der Waals surface area contributed by atoms with Gasteiger partial charge in [0.15, 0.2) is 0 Å². The molecule has 0 saturated carbocycles. The molecule has 8 nitrogen and oxygen atoms in total. The Labute approximate surface area is 107 Å². The number of fused-ring (bicyclic) bond motifs is 1. The zero-order valence-electron chi connectivity index (χ0n) is 9.79. The summed E-state index contributed by atoms with van der Waals surface area (Å²) in [7, 11) is 0. The summed E-state index contributed by atoms with van der Waals surface area (Å²) in [5.74, 6) is -1.14. The first-order valence-corrected chi connectivity index (χ1v) is 5.43. The van der Waals surface area contributed by atoms with Crippen molar-refractivity contribution >= 4 is 28.2 Å². The lowest BCUT2D eigenvalue weighted by Crippen LogP contribution is -2.32. The molecule has 0 aliphatic heterocycles. The summed E-state index contributed by atoms with van der Waals surface area (Å²) in [6.45, 7) is 0. The topological polar surface area (TPSA) is 148 Å². The predicted molar refractivity (Wildman–Crippen MR) is 68.7 cm³/mol. The highest BCUT2D eigenvalue weighted by molar-refractivity contribution is 5.99. The first kappa shape index (κ1) is 12.8. The maximum atomic E-state index is 10.9. The third-order valence-corrected chi connectivity index (χ3v) is 2.88. The minimum atomic E-state index is -1.14. The maximum Gasteiger partial charge on any atom is 0.320 e. The van der Waals surface area contributed by atoms with Crippen LogP contribution in [-0.2, 0) is 11.2 Å². The molecule has 0 radical (unpaired) electrons. The lowest BCUT2D eigenvalue weighted by Gasteiger charge is -2.06. The lowest BCUT2D eigenvalue weighted by atomic mass is 10.0. The van der Waals surface area contributed by atoms with Gasteiger partial charge in [-0.2, -0.15) is 0 Å². The van der Waals surface area contributed by atoms with E-state index >= 15 is 0 Å². The SMILES string of the molecule is Nc1ccc([N+](=O)[O-])c2[nH]cc(CC(N)C(=O)O)c12. The molecule has 0 aliphatic rings. The second-order valence-corrected chi connectivity index (χ2v) is 4.14. The highest BCUT2D eigenvalue weighted by atomic mass is 16.6. The van der Waals surface area contributed by atoms with Crippen LogP contribution in [0.2, 0.25) is 0 Å². The smallest absolute Gasteiger partial charge is 0.320 e. The molecule has 2 aromatic rings. The van der Waals surface area contributed by atoms with Crippen LogP contribution in [0.15, 0.2) is 18.3 Å². The monoisotopic (exact) mass is 264 g/mol. The van der Waals surface area contributed by atoms with Gasteiger partial charge in [-0.15, -0.1) is 0 Å². The Kier molecular flexibility index (Phi) is 3.09. The Bertz CT molecular complexity index is 664. The van der Waals surface area contributed by atoms with E-state index in [4.69, 9.17) is 16.6 Å². The van der Waals surface area contributed by atoms with E-state index in [2.05, 4.69) is 4.98 Å². The number of nitrogens with two attached hydrogens (primary N) is 2. The standard InChI is InChI=1S/C11H12N4O4/c12-6-1-2-8(15(18)19)10-9(6)5(4-14-10)3-7(13)11(16)17/h1-2,4,7,14H,3,12-13H2,(H,16,17). The number of hydrogen-bond acceptors (Lipinski definition) is 5. The van der Waals surface area contributed by atoms with Gasteiger partial charge in [-0.05, 0) is 11.6 Å². The van der Waals surface area contributed by atoms with E-state index in [-0.39, 0.29) is 17.6 Å². The first-order valence-electron chi connectivity index (χ1n) is 5.43. The molecule has 0 saturated heterocycles. The Morgan fingerprint density at radius 3 is 2.79 bits per heavy atom. The molecule has 1 unspecified atom stereocenters. The van der Waals surface area contributed by atoms with Crippen LogP contribution < -0.4 is 11.5 Å². The van der Waals surface area contributed by atoms with Crippen LogP contribution >= 0.6 is 0 Å². The molecule has 1 aromatic carbocycles. The van der Waals surface area contributed by atoms with Crippen LogP contribution in [0, 0.1) is 10.1 Å². The van der Waals surface area contributed by atoms with Crippen molar-refractivity contribution in [3.8, 4) is 0 Å². The number of carboxylic acids is 1. The minimum Gasteiger partial charge on any atom is -0.480 e. The van der Waals surface area contributed by atoms with Crippen LogP contribution in [0.3, 0.4) is 0 Å². The van der Waals surface area contributed by atoms with E-state index in [1.54, 1.807) is 0 Å². The molecule has 0 aliphatic carbocycles. The number of nitrogens with zero attached hydrogens (tertiary/aromatic N) is 1. The van der Waals surface area contributed by atoms with E-state index in [9.17, 15) is 14.9 Å². The third kappa shape index (κ3) is 2.20. The molecular weight excluding hydrogens is 252 g/mol. The van der Waals surface area contributed by atoms with Crippen LogP contribution in [0.4, 0.5) is 11.4 Å². The summed E-state index contributed by atoms with van der Waals surface area (Å²) in [6.07, 6.45) is 1.54. The Balaban J connectivity index is 2.56. The van der Waals surface area contributed by atoms with Gasteiger partial charge >= 0.3 is 5.97 Å². The average molecular weight is 264 g/mol. The van der Waals surface area contributed by atoms with Crippen molar-refractivity contribution in [3.05, 3.63) is 34.0 Å². The number of anilines is 1. The van der Waals surface area contributed by atoms with Gasteiger partial charge in [0.25, 0.3) is 5.69 Å². The number of nitrogens with one attached hydrogen (secondary N) is 1. The number of aromatic amines is 1. The second-order valence-electron chi connectivity index (χ2n) is 4.14. The number of non-ortho nitro benzene ring substituents is 1. The fourth-order valence-electron chi connectivity index (χ4n) is 1.97. The zero-order valence-corrected chi connectivity index (χ0v) is 9.79. The number of rotatable bonds is 4. The number of hydrogen-bond donors (Lipinski definition) is 4. The zero-order chi connectivity index (χ0) is 14.2. The quantitative estimate of drug-likeness (QED) is 0.361. The van der Waals surface area contributed by atoms with Crippen molar-refractivity contribution < 1.29 is 14.8 Å². The number of nitro benzene ring substituents is 1. The summed E-state index contributed by atoms with van der Waals surface area (Å²) >= 11 is 0. The summed E-state index contributed by atoms with van der Waals surface area (Å²) in [5.41, 5.74) is 12.3. The fourth-order valence-corrected chi connectivity index (χ4v) is 1.97. The van der Waals surface area contributed by atoms with Crippen LogP contribution in [0.25, 0.3) is 10.9 Å². The maximum absolute atomic E-state index is 10.9. The summed E-state index contributed by atoms with van der Waals surface area (Å²) in [6, 6.07) is 1.64. The first-order chi connectivity index (χ1) is 8.91. The van der Waals surface area contributed by atoms with Crippen LogP contribution in [0.5, 0.6) is 0 Å². The van der Waals surface area contributed by atoms with Crippen molar-refractivity contribution in [1.82, 2.24) is 4.98 Å². The molecule has 6 N–H and O–H groups in total. The van der Waals surface area contributed by atoms with Crippen molar-refractivity contribution in [3.63, 3.8) is 0 Å². The predicted octanol–water partition coefficient (Wildman–Crippen LogP) is 0.613. The minimum absolute atomic E-state index is 0.0424. The summed E-state index contributed by atoms with van der Waals surface area (Å²) in [4.78, 5) is 23.9. The Morgan fingerprint density at radius 2 is 2.21 bits per heavy atom. The number of aliphatic carboxylic acids is 1. The van der Waals surface area contributed by atoms with Crippen LogP contribution in [-0.4, -0.2) is 27.0 Å². The van der Waals surface area contributed by atoms with Crippen molar-refractivity contribution in [2.75, 3.05) is 5.73 Å². The van der Waals surface area contributed by atoms with Gasteiger partial charge in [0.2, 0.25) is 0 Å². The van der Waals surface area contributed by atoms with Gasteiger partial charge in [-0.1, -0.05) is 0 Å². The van der Waals surface area contributed by atoms with Gasteiger partial charge in [-0.3, -0.25) is 14.9 Å². The molecular formula is C11H12N4O4. The largest absolute Gasteiger partial charge is 0.480 e. The van der Waals surface area contributed by atoms with Crippen molar-refractivity contribution in [2.24, 2.45) is 5.73 Å². The van der Waals surface area contributed by atoms with Gasteiger partial charge in [0.1, 0.15) is 11.6 Å². The normalized spacial score (nSPS) is 12.5. The van der Waals surface area contributed by atoms with Gasteiger partial charge < -0.3 is 21.6 Å². The number of carboxylic acid groups (broad SMARTS) is 1. The Morgan fingerprint density at radius 1 is 1.53 bits per heavy atom. The number of aromatic nitrogens is 1. The van der Waals surface area contributed by atoms with Crippen LogP contribution in [0.1, 0.15) is 5.56 Å². The lowest BCUT2D eigenvalue weighted by molar-refractivity contribution is -0.383.